The molecule has 0 unspecified atom stereocenters. The number of carbonyl (C=O) groups is 2. The zero-order valence-electron chi connectivity index (χ0n) is 28.5. The summed E-state index contributed by atoms with van der Waals surface area (Å²) in [6.07, 6.45) is 0.952. The molecule has 0 radical (unpaired) electrons. The van der Waals surface area contributed by atoms with Gasteiger partial charge in [0, 0.05) is 25.1 Å². The second-order valence-electron chi connectivity index (χ2n) is 11.8. The van der Waals surface area contributed by atoms with Crippen LogP contribution in [0.3, 0.4) is 0 Å². The summed E-state index contributed by atoms with van der Waals surface area (Å²) in [5.74, 6) is -0.225. The molecule has 0 spiro atoms. The molecule has 0 aliphatic carbocycles. The van der Waals surface area contributed by atoms with Crippen molar-refractivity contribution >= 4 is 27.5 Å². The van der Waals surface area contributed by atoms with Gasteiger partial charge in [0.15, 0.2) is 11.5 Å². The molecule has 4 rings (SSSR count). The van der Waals surface area contributed by atoms with Crippen molar-refractivity contribution in [2.24, 2.45) is 0 Å². The summed E-state index contributed by atoms with van der Waals surface area (Å²) in [6, 6.07) is 27.4. The Hall–Kier alpha value is -4.83. The quantitative estimate of drug-likeness (QED) is 0.165. The first kappa shape index (κ1) is 36.0. The summed E-state index contributed by atoms with van der Waals surface area (Å²) in [4.78, 5) is 30.2. The van der Waals surface area contributed by atoms with Gasteiger partial charge in [-0.1, -0.05) is 79.2 Å². The second kappa shape index (κ2) is 16.3. The number of rotatable bonds is 15. The molecule has 4 aromatic carbocycles. The van der Waals surface area contributed by atoms with E-state index in [1.54, 1.807) is 24.3 Å². The molecule has 0 saturated carbocycles. The van der Waals surface area contributed by atoms with Crippen LogP contribution in [0.2, 0.25) is 0 Å². The number of aryl methyl sites for hydroxylation is 2. The van der Waals surface area contributed by atoms with E-state index in [1.165, 1.54) is 37.3 Å². The van der Waals surface area contributed by atoms with E-state index in [2.05, 4.69) is 5.32 Å². The average molecular weight is 672 g/mol. The predicted octanol–water partition coefficient (Wildman–Crippen LogP) is 6.07. The Morgan fingerprint density at radius 3 is 2.10 bits per heavy atom. The Labute approximate surface area is 284 Å². The zero-order valence-corrected chi connectivity index (χ0v) is 29.3. The molecule has 0 heterocycles. The van der Waals surface area contributed by atoms with Crippen LogP contribution in [0, 0.1) is 13.8 Å². The van der Waals surface area contributed by atoms with E-state index in [0.717, 1.165) is 26.6 Å². The zero-order chi connectivity index (χ0) is 34.8. The molecule has 0 aliphatic rings. The lowest BCUT2D eigenvalue weighted by Crippen LogP contribution is -2.54. The number of carbonyl (C=O) groups excluding carboxylic acids is 2. The third-order valence-electron chi connectivity index (χ3n) is 8.42. The van der Waals surface area contributed by atoms with Crippen molar-refractivity contribution < 1.29 is 27.5 Å². The number of ether oxygens (including phenoxy) is 2. The molecule has 0 saturated heterocycles. The van der Waals surface area contributed by atoms with Gasteiger partial charge in [-0.25, -0.2) is 8.42 Å². The molecular formula is C38H45N3O6S. The maximum atomic E-state index is 14.7. The number of nitrogens with zero attached hydrogens (tertiary/aromatic N) is 2. The lowest BCUT2D eigenvalue weighted by atomic mass is 10.0. The van der Waals surface area contributed by atoms with Crippen LogP contribution in [0.15, 0.2) is 102 Å². The Morgan fingerprint density at radius 2 is 1.48 bits per heavy atom. The minimum atomic E-state index is -4.31. The smallest absolute Gasteiger partial charge is 0.264 e. The van der Waals surface area contributed by atoms with E-state index in [1.807, 2.05) is 82.3 Å². The van der Waals surface area contributed by atoms with Crippen molar-refractivity contribution in [2.45, 2.75) is 64.1 Å². The van der Waals surface area contributed by atoms with Gasteiger partial charge < -0.3 is 19.7 Å². The van der Waals surface area contributed by atoms with Gasteiger partial charge >= 0.3 is 0 Å². The first-order valence-electron chi connectivity index (χ1n) is 16.0. The summed E-state index contributed by atoms with van der Waals surface area (Å²) in [7, 11) is -1.42. The standard InChI is InChI=1S/C38H45N3O6S/c1-7-29(4)39-38(43)34(23-30-14-9-8-10-15-30)40(25-31-16-12-11-13-28(31)3)37(42)26-41(32-19-17-27(2)18-20-32)48(44,45)33-21-22-35(46-5)36(24-33)47-6/h8-22,24,29,34H,7,23,25-26H2,1-6H3,(H,39,43)/t29-,34+/m1/s1. The van der Waals surface area contributed by atoms with Crippen LogP contribution in [0.25, 0.3) is 0 Å². The first-order chi connectivity index (χ1) is 23.0. The lowest BCUT2D eigenvalue weighted by Gasteiger charge is -2.34. The fourth-order valence-corrected chi connectivity index (χ4v) is 6.74. The number of hydrogen-bond acceptors (Lipinski definition) is 6. The molecule has 1 N–H and O–H groups in total. The normalized spacial score (nSPS) is 12.5. The van der Waals surface area contributed by atoms with Gasteiger partial charge in [-0.2, -0.15) is 0 Å². The van der Waals surface area contributed by atoms with Crippen molar-refractivity contribution in [3.8, 4) is 11.5 Å². The van der Waals surface area contributed by atoms with Crippen LogP contribution in [-0.2, 0) is 32.6 Å². The molecule has 48 heavy (non-hydrogen) atoms. The summed E-state index contributed by atoms with van der Waals surface area (Å²) >= 11 is 0. The molecule has 2 amide bonds. The fourth-order valence-electron chi connectivity index (χ4n) is 5.31. The maximum absolute atomic E-state index is 14.7. The van der Waals surface area contributed by atoms with E-state index >= 15 is 0 Å². The minimum Gasteiger partial charge on any atom is -0.493 e. The van der Waals surface area contributed by atoms with Gasteiger partial charge in [-0.3, -0.25) is 13.9 Å². The van der Waals surface area contributed by atoms with Crippen molar-refractivity contribution in [2.75, 3.05) is 25.1 Å². The number of benzene rings is 4. The molecule has 10 heteroatoms. The Morgan fingerprint density at radius 1 is 0.833 bits per heavy atom. The van der Waals surface area contributed by atoms with Crippen molar-refractivity contribution in [1.29, 1.82) is 0 Å². The summed E-state index contributed by atoms with van der Waals surface area (Å²) in [5.41, 5.74) is 3.91. The highest BCUT2D eigenvalue weighted by Crippen LogP contribution is 2.32. The number of nitrogens with one attached hydrogen (secondary N) is 1. The van der Waals surface area contributed by atoms with E-state index < -0.39 is 28.5 Å². The van der Waals surface area contributed by atoms with E-state index in [9.17, 15) is 18.0 Å². The van der Waals surface area contributed by atoms with Crippen LogP contribution in [0.1, 0.15) is 42.5 Å². The maximum Gasteiger partial charge on any atom is 0.264 e. The topological polar surface area (TPSA) is 105 Å². The third kappa shape index (κ3) is 8.74. The van der Waals surface area contributed by atoms with Crippen LogP contribution < -0.4 is 19.1 Å². The summed E-state index contributed by atoms with van der Waals surface area (Å²) in [5, 5.41) is 3.07. The first-order valence-corrected chi connectivity index (χ1v) is 17.4. The van der Waals surface area contributed by atoms with E-state index in [0.29, 0.717) is 17.9 Å². The molecule has 0 bridgehead atoms. The predicted molar refractivity (Wildman–Crippen MR) is 189 cm³/mol. The van der Waals surface area contributed by atoms with E-state index in [4.69, 9.17) is 9.47 Å². The SMILES string of the molecule is CC[C@@H](C)NC(=O)[C@H](Cc1ccccc1)N(Cc1ccccc1C)C(=O)CN(c1ccc(C)cc1)S(=O)(=O)c1ccc(OC)c(OC)c1. The molecule has 0 aromatic heterocycles. The van der Waals surface area contributed by atoms with Crippen LogP contribution >= 0.6 is 0 Å². The monoisotopic (exact) mass is 671 g/mol. The summed E-state index contributed by atoms with van der Waals surface area (Å²) in [6.45, 7) is 7.30. The number of amides is 2. The van der Waals surface area contributed by atoms with Crippen LogP contribution in [0.5, 0.6) is 11.5 Å². The summed E-state index contributed by atoms with van der Waals surface area (Å²) < 4.78 is 40.6. The Bertz CT molecular complexity index is 1800. The van der Waals surface area contributed by atoms with E-state index in [-0.39, 0.29) is 35.6 Å². The molecule has 2 atom stereocenters. The number of anilines is 1. The number of sulfonamides is 1. The average Bonchev–Trinajstić information content (AvgIpc) is 3.09. The highest BCUT2D eigenvalue weighted by atomic mass is 32.2. The van der Waals surface area contributed by atoms with Crippen LogP contribution in [-0.4, -0.2) is 58.0 Å². The molecule has 0 fully saturated rings. The van der Waals surface area contributed by atoms with Crippen LogP contribution in [0.4, 0.5) is 5.69 Å². The highest BCUT2D eigenvalue weighted by Gasteiger charge is 2.35. The molecule has 9 nitrogen and oxygen atoms in total. The number of hydrogen-bond donors (Lipinski definition) is 1. The molecule has 0 aliphatic heterocycles. The fraction of sp³-hybridized carbons (Fsp3) is 0.316. The van der Waals surface area contributed by atoms with Gasteiger partial charge in [0.2, 0.25) is 11.8 Å². The third-order valence-corrected chi connectivity index (χ3v) is 10.2. The second-order valence-corrected chi connectivity index (χ2v) is 13.7. The van der Waals surface area contributed by atoms with Gasteiger partial charge in [-0.15, -0.1) is 0 Å². The van der Waals surface area contributed by atoms with Gasteiger partial charge in [-0.05, 0) is 68.1 Å². The molecule has 254 valence electrons. The Kier molecular flexibility index (Phi) is 12.2. The van der Waals surface area contributed by atoms with Crippen molar-refractivity contribution in [3.63, 3.8) is 0 Å². The van der Waals surface area contributed by atoms with Gasteiger partial charge in [0.05, 0.1) is 24.8 Å². The van der Waals surface area contributed by atoms with Gasteiger partial charge in [0.1, 0.15) is 12.6 Å². The van der Waals surface area contributed by atoms with Crippen molar-refractivity contribution in [1.82, 2.24) is 10.2 Å². The minimum absolute atomic E-state index is 0.0747. The van der Waals surface area contributed by atoms with Gasteiger partial charge in [0.25, 0.3) is 10.0 Å². The highest BCUT2D eigenvalue weighted by molar-refractivity contribution is 7.92. The molecule has 4 aromatic rings. The molecular weight excluding hydrogens is 627 g/mol. The van der Waals surface area contributed by atoms with Crippen molar-refractivity contribution in [3.05, 3.63) is 119 Å². The lowest BCUT2D eigenvalue weighted by molar-refractivity contribution is -0.140. The largest absolute Gasteiger partial charge is 0.493 e. The Balaban J connectivity index is 1.84. The number of methoxy groups -OCH3 is 2.